The molecule has 0 aliphatic heterocycles. The largest absolute Gasteiger partial charge is 0.423 e. The Balaban J connectivity index is 1.23. The first-order valence-electron chi connectivity index (χ1n) is 11.5. The Kier molecular flexibility index (Phi) is 5.22. The number of carbonyl (C=O) groups is 1. The summed E-state index contributed by atoms with van der Waals surface area (Å²) >= 11 is 0. The highest BCUT2D eigenvalue weighted by Gasteiger charge is 2.10. The molecule has 0 radical (unpaired) electrons. The van der Waals surface area contributed by atoms with E-state index in [1.54, 1.807) is 6.07 Å². The molecule has 0 fully saturated rings. The molecule has 0 saturated carbocycles. The normalized spacial score (nSPS) is 10.7. The number of carbonyl (C=O) groups excluding carboxylic acids is 1. The second kappa shape index (κ2) is 8.82. The summed E-state index contributed by atoms with van der Waals surface area (Å²) in [6.07, 6.45) is 0. The van der Waals surface area contributed by atoms with Crippen molar-refractivity contribution in [3.05, 3.63) is 138 Å². The van der Waals surface area contributed by atoms with E-state index in [1.165, 1.54) is 10.8 Å². The van der Waals surface area contributed by atoms with Crippen molar-refractivity contribution in [2.75, 3.05) is 0 Å². The highest BCUT2D eigenvalue weighted by Crippen LogP contribution is 2.23. The van der Waals surface area contributed by atoms with Gasteiger partial charge in [-0.2, -0.15) is 0 Å². The first kappa shape index (κ1) is 20.7. The predicted octanol–water partition coefficient (Wildman–Crippen LogP) is 7.77. The van der Waals surface area contributed by atoms with Crippen molar-refractivity contribution < 1.29 is 9.53 Å². The molecule has 6 rings (SSSR count). The van der Waals surface area contributed by atoms with Crippen molar-refractivity contribution in [3.63, 3.8) is 0 Å². The van der Waals surface area contributed by atoms with Crippen LogP contribution in [0.5, 0.6) is 5.75 Å². The SMILES string of the molecule is O=C(Oc1ccc2ccccc2c1)c1ccc2cc(C#Cc3ccc4ccccc4c3)ccc2c1. The first-order chi connectivity index (χ1) is 17.2. The Morgan fingerprint density at radius 3 is 1.66 bits per heavy atom. The fraction of sp³-hybridized carbons (Fsp3) is 0. The van der Waals surface area contributed by atoms with Crippen LogP contribution >= 0.6 is 0 Å². The van der Waals surface area contributed by atoms with Crippen LogP contribution in [0.4, 0.5) is 0 Å². The molecule has 0 heterocycles. The number of esters is 1. The van der Waals surface area contributed by atoms with E-state index in [9.17, 15) is 4.79 Å². The Bertz CT molecular complexity index is 1800. The minimum atomic E-state index is -0.373. The molecule has 6 aromatic rings. The lowest BCUT2D eigenvalue weighted by Crippen LogP contribution is -2.08. The third kappa shape index (κ3) is 4.36. The van der Waals surface area contributed by atoms with Crippen molar-refractivity contribution in [2.24, 2.45) is 0 Å². The molecule has 0 aliphatic carbocycles. The lowest BCUT2D eigenvalue weighted by Gasteiger charge is -2.07. The molecule has 2 heteroatoms. The van der Waals surface area contributed by atoms with Crippen LogP contribution in [-0.2, 0) is 0 Å². The third-order valence-corrected chi connectivity index (χ3v) is 6.11. The van der Waals surface area contributed by atoms with E-state index in [1.807, 2.05) is 91.0 Å². The van der Waals surface area contributed by atoms with Gasteiger partial charge in [-0.15, -0.1) is 0 Å². The summed E-state index contributed by atoms with van der Waals surface area (Å²) in [5, 5.41) is 6.53. The van der Waals surface area contributed by atoms with Gasteiger partial charge in [0.25, 0.3) is 0 Å². The molecule has 35 heavy (non-hydrogen) atoms. The number of hydrogen-bond acceptors (Lipinski definition) is 2. The van der Waals surface area contributed by atoms with E-state index < -0.39 is 0 Å². The summed E-state index contributed by atoms with van der Waals surface area (Å²) in [6.45, 7) is 0. The molecule has 0 amide bonds. The summed E-state index contributed by atoms with van der Waals surface area (Å²) in [7, 11) is 0. The number of benzene rings is 6. The van der Waals surface area contributed by atoms with E-state index in [-0.39, 0.29) is 5.97 Å². The Hall–Kier alpha value is -4.87. The van der Waals surface area contributed by atoms with Crippen LogP contribution in [0.2, 0.25) is 0 Å². The van der Waals surface area contributed by atoms with Crippen LogP contribution in [0.15, 0.2) is 121 Å². The van der Waals surface area contributed by atoms with E-state index in [0.29, 0.717) is 11.3 Å². The van der Waals surface area contributed by atoms with Crippen molar-refractivity contribution in [1.29, 1.82) is 0 Å². The van der Waals surface area contributed by atoms with Crippen LogP contribution in [0, 0.1) is 11.8 Å². The fourth-order valence-electron chi connectivity index (χ4n) is 4.26. The molecule has 0 spiro atoms. The van der Waals surface area contributed by atoms with Crippen LogP contribution in [0.1, 0.15) is 21.5 Å². The molecule has 0 aliphatic rings. The lowest BCUT2D eigenvalue weighted by atomic mass is 10.0. The number of ether oxygens (including phenoxy) is 1. The van der Waals surface area contributed by atoms with Gasteiger partial charge in [0.05, 0.1) is 5.56 Å². The monoisotopic (exact) mass is 448 g/mol. The number of fused-ring (bicyclic) bond motifs is 3. The fourth-order valence-corrected chi connectivity index (χ4v) is 4.26. The molecule has 2 nitrogen and oxygen atoms in total. The zero-order valence-corrected chi connectivity index (χ0v) is 18.9. The second-order valence-electron chi connectivity index (χ2n) is 8.49. The minimum Gasteiger partial charge on any atom is -0.423 e. The molecule has 0 bridgehead atoms. The number of hydrogen-bond donors (Lipinski definition) is 0. The van der Waals surface area contributed by atoms with Crippen molar-refractivity contribution >= 4 is 38.3 Å². The van der Waals surface area contributed by atoms with Gasteiger partial charge in [0.1, 0.15) is 5.75 Å². The summed E-state index contributed by atoms with van der Waals surface area (Å²) < 4.78 is 5.64. The Morgan fingerprint density at radius 2 is 0.971 bits per heavy atom. The van der Waals surface area contributed by atoms with Crippen molar-refractivity contribution in [1.82, 2.24) is 0 Å². The summed E-state index contributed by atoms with van der Waals surface area (Å²) in [5.74, 6) is 6.69. The molecule has 0 atom stereocenters. The lowest BCUT2D eigenvalue weighted by molar-refractivity contribution is 0.0735. The van der Waals surface area contributed by atoms with Gasteiger partial charge < -0.3 is 4.74 Å². The smallest absolute Gasteiger partial charge is 0.343 e. The highest BCUT2D eigenvalue weighted by atomic mass is 16.5. The van der Waals surface area contributed by atoms with Gasteiger partial charge in [-0.25, -0.2) is 4.79 Å². The average Bonchev–Trinajstić information content (AvgIpc) is 2.91. The topological polar surface area (TPSA) is 26.3 Å². The van der Waals surface area contributed by atoms with Gasteiger partial charge in [-0.1, -0.05) is 84.6 Å². The van der Waals surface area contributed by atoms with E-state index in [4.69, 9.17) is 4.74 Å². The van der Waals surface area contributed by atoms with E-state index >= 15 is 0 Å². The maximum absolute atomic E-state index is 12.8. The highest BCUT2D eigenvalue weighted by molar-refractivity contribution is 5.97. The second-order valence-corrected chi connectivity index (χ2v) is 8.49. The van der Waals surface area contributed by atoms with Gasteiger partial charge in [0, 0.05) is 11.1 Å². The van der Waals surface area contributed by atoms with Crippen LogP contribution in [0.25, 0.3) is 32.3 Å². The molecule has 0 N–H and O–H groups in total. The van der Waals surface area contributed by atoms with Crippen LogP contribution < -0.4 is 4.74 Å². The Morgan fingerprint density at radius 1 is 0.486 bits per heavy atom. The van der Waals surface area contributed by atoms with Crippen LogP contribution in [0.3, 0.4) is 0 Å². The van der Waals surface area contributed by atoms with E-state index in [0.717, 1.165) is 32.7 Å². The summed E-state index contributed by atoms with van der Waals surface area (Å²) in [5.41, 5.74) is 2.42. The average molecular weight is 449 g/mol. The summed E-state index contributed by atoms with van der Waals surface area (Å²) in [4.78, 5) is 12.8. The van der Waals surface area contributed by atoms with Crippen LogP contribution in [-0.4, -0.2) is 5.97 Å². The molecule has 0 unspecified atom stereocenters. The van der Waals surface area contributed by atoms with Gasteiger partial charge >= 0.3 is 5.97 Å². The standard InChI is InChI=1S/C33H20O2/c34-33(35-32-18-17-26-6-2-4-8-28(26)22-32)31-16-15-29-20-24(12-14-30(29)21-31)10-9-23-11-13-25-5-1-3-7-27(25)19-23/h1-8,11-22H. The quantitative estimate of drug-likeness (QED) is 0.154. The van der Waals surface area contributed by atoms with Crippen molar-refractivity contribution in [3.8, 4) is 17.6 Å². The molecule has 0 aromatic heterocycles. The Labute approximate surface area is 203 Å². The first-order valence-corrected chi connectivity index (χ1v) is 11.5. The molecule has 6 aromatic carbocycles. The zero-order valence-electron chi connectivity index (χ0n) is 18.9. The number of rotatable bonds is 2. The van der Waals surface area contributed by atoms with Gasteiger partial charge in [-0.3, -0.25) is 0 Å². The molecule has 164 valence electrons. The zero-order chi connectivity index (χ0) is 23.6. The van der Waals surface area contributed by atoms with E-state index in [2.05, 4.69) is 36.1 Å². The minimum absolute atomic E-state index is 0.373. The van der Waals surface area contributed by atoms with Gasteiger partial charge in [0.15, 0.2) is 0 Å². The third-order valence-electron chi connectivity index (χ3n) is 6.11. The molecule has 0 saturated heterocycles. The van der Waals surface area contributed by atoms with Gasteiger partial charge in [-0.05, 0) is 80.8 Å². The summed E-state index contributed by atoms with van der Waals surface area (Å²) in [6, 6.07) is 39.8. The van der Waals surface area contributed by atoms with Gasteiger partial charge in [0.2, 0.25) is 0 Å². The molecular weight excluding hydrogens is 428 g/mol. The van der Waals surface area contributed by atoms with Crippen molar-refractivity contribution in [2.45, 2.75) is 0 Å². The maximum Gasteiger partial charge on any atom is 0.343 e. The predicted molar refractivity (Wildman–Crippen MR) is 143 cm³/mol. The maximum atomic E-state index is 12.8. The molecular formula is C33H20O2.